The van der Waals surface area contributed by atoms with E-state index in [1.165, 1.54) is 13.3 Å². The fourth-order valence-corrected chi connectivity index (χ4v) is 4.73. The van der Waals surface area contributed by atoms with Crippen LogP contribution in [0.1, 0.15) is 31.8 Å². The molecule has 0 fully saturated rings. The third kappa shape index (κ3) is 13.0. The number of aromatic carboxylic acids is 1. The number of benzene rings is 4. The minimum absolute atomic E-state index is 0.262. The molecular formula is C39H34BIN2O8. The number of ether oxygens (including phenoxy) is 3. The average molecular weight is 796 g/mol. The molecule has 10 nitrogen and oxygen atoms in total. The van der Waals surface area contributed by atoms with Crippen LogP contribution in [-0.2, 0) is 18.0 Å². The predicted molar refractivity (Wildman–Crippen MR) is 203 cm³/mol. The van der Waals surface area contributed by atoms with Crippen LogP contribution in [0, 0.1) is 3.57 Å². The molecule has 0 aliphatic carbocycles. The minimum atomic E-state index is -1.40. The number of methoxy groups -OCH3 is 1. The third-order valence-corrected chi connectivity index (χ3v) is 7.70. The van der Waals surface area contributed by atoms with Gasteiger partial charge in [0.25, 0.3) is 0 Å². The topological polar surface area (TPSA) is 148 Å². The fraction of sp³-hybridized carbons (Fsp3) is 0.0769. The lowest BCUT2D eigenvalue weighted by molar-refractivity contribution is 0.0599. The van der Waals surface area contributed by atoms with Gasteiger partial charge in [0.15, 0.2) is 0 Å². The van der Waals surface area contributed by atoms with Crippen LogP contribution >= 0.6 is 22.6 Å². The molecule has 258 valence electrons. The average Bonchev–Trinajstić information content (AvgIpc) is 3.18. The number of aromatic nitrogens is 2. The van der Waals surface area contributed by atoms with E-state index in [4.69, 9.17) is 24.6 Å². The van der Waals surface area contributed by atoms with Gasteiger partial charge in [0.05, 0.1) is 18.2 Å². The molecule has 0 aliphatic rings. The van der Waals surface area contributed by atoms with Crippen molar-refractivity contribution in [3.05, 3.63) is 172 Å². The van der Waals surface area contributed by atoms with Crippen LogP contribution in [0.15, 0.2) is 146 Å². The molecule has 0 saturated heterocycles. The first-order valence-electron chi connectivity index (χ1n) is 15.5. The number of nitrogens with zero attached hydrogens (tertiary/aromatic N) is 2. The van der Waals surface area contributed by atoms with Gasteiger partial charge in [-0.3, -0.25) is 9.97 Å². The lowest BCUT2D eigenvalue weighted by atomic mass is 9.82. The normalized spacial score (nSPS) is 9.96. The second kappa shape index (κ2) is 20.2. The highest BCUT2D eigenvalue weighted by molar-refractivity contribution is 14.1. The predicted octanol–water partition coefficient (Wildman–Crippen LogP) is 6.44. The van der Waals surface area contributed by atoms with Gasteiger partial charge in [-0.25, -0.2) is 9.59 Å². The molecule has 2 heterocycles. The number of carboxylic acid groups (broad SMARTS) is 1. The quantitative estimate of drug-likeness (QED) is 0.0804. The molecule has 0 atom stereocenters. The van der Waals surface area contributed by atoms with Gasteiger partial charge in [-0.15, -0.1) is 0 Å². The Hall–Kier alpha value is -5.57. The van der Waals surface area contributed by atoms with Crippen LogP contribution in [0.5, 0.6) is 11.5 Å². The van der Waals surface area contributed by atoms with Crippen LogP contribution in [0.2, 0.25) is 0 Å². The summed E-state index contributed by atoms with van der Waals surface area (Å²) in [6, 6.07) is 36.7. The standard InChI is InChI=1S/C19H15NO3.C15H13IO3.C5H6BNO2/c21-19(22)16-4-1-3-14(11-16)13-23-18-8-6-15(7-9-18)17-5-2-10-20-12-17;1-18-15(17)12-4-2-3-11(9-12)10-19-14-7-5-13(16)6-8-14;8-6(9)5-2-1-3-7-4-5/h1-12H,13H2,(H,21,22);2-9H,10H2,1H3;1-4,8-9H. The Labute approximate surface area is 309 Å². The number of hydrogen-bond donors (Lipinski definition) is 3. The van der Waals surface area contributed by atoms with E-state index in [1.54, 1.807) is 54.9 Å². The Bertz CT molecular complexity index is 1960. The van der Waals surface area contributed by atoms with Crippen molar-refractivity contribution in [2.75, 3.05) is 7.11 Å². The van der Waals surface area contributed by atoms with Gasteiger partial charge in [0.1, 0.15) is 24.7 Å². The molecule has 0 radical (unpaired) electrons. The Kier molecular flexibility index (Phi) is 15.1. The van der Waals surface area contributed by atoms with E-state index in [0.29, 0.717) is 24.2 Å². The summed E-state index contributed by atoms with van der Waals surface area (Å²) in [5.74, 6) is 0.269. The first-order valence-corrected chi connectivity index (χ1v) is 16.6. The van der Waals surface area contributed by atoms with Gasteiger partial charge in [0, 0.05) is 33.8 Å². The van der Waals surface area contributed by atoms with Crippen LogP contribution in [0.25, 0.3) is 11.1 Å². The second-order valence-corrected chi connectivity index (χ2v) is 11.9. The van der Waals surface area contributed by atoms with E-state index < -0.39 is 13.1 Å². The van der Waals surface area contributed by atoms with Crippen LogP contribution in [0.4, 0.5) is 0 Å². The highest BCUT2D eigenvalue weighted by Crippen LogP contribution is 2.22. The number of hydrogen-bond acceptors (Lipinski definition) is 9. The molecule has 6 rings (SSSR count). The summed E-state index contributed by atoms with van der Waals surface area (Å²) in [5, 5.41) is 26.1. The lowest BCUT2D eigenvalue weighted by Gasteiger charge is -2.08. The molecule has 12 heteroatoms. The van der Waals surface area contributed by atoms with Crippen LogP contribution < -0.4 is 14.9 Å². The molecule has 51 heavy (non-hydrogen) atoms. The maximum Gasteiger partial charge on any atom is 0.490 e. The first-order chi connectivity index (χ1) is 24.7. The molecule has 0 spiro atoms. The van der Waals surface area contributed by atoms with E-state index in [2.05, 4.69) is 37.3 Å². The molecule has 0 unspecified atom stereocenters. The largest absolute Gasteiger partial charge is 0.490 e. The lowest BCUT2D eigenvalue weighted by Crippen LogP contribution is -2.29. The van der Waals surface area contributed by atoms with E-state index >= 15 is 0 Å². The summed E-state index contributed by atoms with van der Waals surface area (Å²) in [6.45, 7) is 0.749. The van der Waals surface area contributed by atoms with E-state index in [-0.39, 0.29) is 11.5 Å². The minimum Gasteiger partial charge on any atom is -0.489 e. The van der Waals surface area contributed by atoms with Gasteiger partial charge >= 0.3 is 19.1 Å². The van der Waals surface area contributed by atoms with Crippen molar-refractivity contribution in [3.8, 4) is 22.6 Å². The van der Waals surface area contributed by atoms with E-state index in [0.717, 1.165) is 37.3 Å². The number of pyridine rings is 2. The Balaban J connectivity index is 0.000000187. The molecule has 6 aromatic rings. The van der Waals surface area contributed by atoms with Crippen molar-refractivity contribution in [2.45, 2.75) is 13.2 Å². The number of carboxylic acids is 1. The zero-order valence-electron chi connectivity index (χ0n) is 27.5. The summed E-state index contributed by atoms with van der Waals surface area (Å²) >= 11 is 2.25. The van der Waals surface area contributed by atoms with Crippen LogP contribution in [-0.4, -0.2) is 51.3 Å². The van der Waals surface area contributed by atoms with Crippen molar-refractivity contribution in [2.24, 2.45) is 0 Å². The highest BCUT2D eigenvalue weighted by Gasteiger charge is 2.09. The summed E-state index contributed by atoms with van der Waals surface area (Å²) in [7, 11) is -0.0319. The van der Waals surface area contributed by atoms with Gasteiger partial charge in [-0.05, 0) is 118 Å². The number of carbonyl (C=O) groups is 2. The molecule has 0 aliphatic heterocycles. The van der Waals surface area contributed by atoms with Gasteiger partial charge in [-0.2, -0.15) is 0 Å². The van der Waals surface area contributed by atoms with Crippen molar-refractivity contribution >= 4 is 47.1 Å². The highest BCUT2D eigenvalue weighted by atomic mass is 127. The van der Waals surface area contributed by atoms with Crippen molar-refractivity contribution in [1.82, 2.24) is 9.97 Å². The van der Waals surface area contributed by atoms with E-state index in [1.807, 2.05) is 85.1 Å². The zero-order valence-corrected chi connectivity index (χ0v) is 29.7. The summed E-state index contributed by atoms with van der Waals surface area (Å²) in [6.07, 6.45) is 6.54. The Morgan fingerprint density at radius 3 is 1.71 bits per heavy atom. The monoisotopic (exact) mass is 796 g/mol. The maximum absolute atomic E-state index is 11.4. The maximum atomic E-state index is 11.4. The summed E-state index contributed by atoms with van der Waals surface area (Å²) < 4.78 is 17.2. The number of carbonyl (C=O) groups excluding carboxylic acids is 1. The number of esters is 1. The second-order valence-electron chi connectivity index (χ2n) is 10.7. The third-order valence-electron chi connectivity index (χ3n) is 6.98. The fourth-order valence-electron chi connectivity index (χ4n) is 4.37. The summed E-state index contributed by atoms with van der Waals surface area (Å²) in [5.41, 5.74) is 5.08. The molecule has 3 N–H and O–H groups in total. The molecular weight excluding hydrogens is 762 g/mol. The molecule has 0 bridgehead atoms. The van der Waals surface area contributed by atoms with E-state index in [9.17, 15) is 9.59 Å². The van der Waals surface area contributed by atoms with Crippen molar-refractivity contribution < 1.29 is 39.0 Å². The smallest absolute Gasteiger partial charge is 0.489 e. The SMILES string of the molecule is COC(=O)c1cccc(COc2ccc(I)cc2)c1.O=C(O)c1cccc(COc2ccc(-c3cccnc3)cc2)c1.OB(O)c1cccnc1. The van der Waals surface area contributed by atoms with Gasteiger partial charge in [0.2, 0.25) is 0 Å². The number of halogens is 1. The molecule has 0 amide bonds. The Morgan fingerprint density at radius 1 is 0.667 bits per heavy atom. The zero-order chi connectivity index (χ0) is 36.4. The molecule has 2 aromatic heterocycles. The van der Waals surface area contributed by atoms with Crippen molar-refractivity contribution in [1.29, 1.82) is 0 Å². The molecule has 4 aromatic carbocycles. The van der Waals surface area contributed by atoms with Crippen molar-refractivity contribution in [3.63, 3.8) is 0 Å². The van der Waals surface area contributed by atoms with Gasteiger partial charge < -0.3 is 29.4 Å². The molecule has 0 saturated carbocycles. The number of rotatable bonds is 10. The van der Waals surface area contributed by atoms with Crippen LogP contribution in [0.3, 0.4) is 0 Å². The Morgan fingerprint density at radius 2 is 1.22 bits per heavy atom. The van der Waals surface area contributed by atoms with Gasteiger partial charge in [-0.1, -0.05) is 48.5 Å². The summed E-state index contributed by atoms with van der Waals surface area (Å²) in [4.78, 5) is 30.2. The first kappa shape index (κ1) is 38.2.